The number of rotatable bonds is 5. The van der Waals surface area contributed by atoms with Crippen LogP contribution in [-0.2, 0) is 10.2 Å². The molecule has 7 nitrogen and oxygen atoms in total. The van der Waals surface area contributed by atoms with Crippen LogP contribution in [0.1, 0.15) is 32.8 Å². The molecule has 1 amide bonds. The van der Waals surface area contributed by atoms with Crippen molar-refractivity contribution < 1.29 is 14.3 Å². The number of carbonyl (C=O) groups is 1. The third-order valence-corrected chi connectivity index (χ3v) is 4.12. The molecule has 1 aromatic carbocycles. The van der Waals surface area contributed by atoms with E-state index in [0.29, 0.717) is 30.5 Å². The van der Waals surface area contributed by atoms with Gasteiger partial charge in [-0.15, -0.1) is 0 Å². The predicted molar refractivity (Wildman–Crippen MR) is 94.0 cm³/mol. The molecule has 0 radical (unpaired) electrons. The van der Waals surface area contributed by atoms with Crippen molar-refractivity contribution in [1.29, 1.82) is 0 Å². The summed E-state index contributed by atoms with van der Waals surface area (Å²) in [5.74, 6) is 1.91. The van der Waals surface area contributed by atoms with Crippen molar-refractivity contribution >= 4 is 11.7 Å². The molecule has 7 heteroatoms. The molecule has 0 saturated carbocycles. The molecule has 3 N–H and O–H groups in total. The Morgan fingerprint density at radius 1 is 1.40 bits per heavy atom. The van der Waals surface area contributed by atoms with Crippen molar-refractivity contribution in [2.75, 3.05) is 11.9 Å². The van der Waals surface area contributed by atoms with Gasteiger partial charge >= 0.3 is 0 Å². The number of fused-ring (bicyclic) bond motifs is 1. The average Bonchev–Trinajstić information content (AvgIpc) is 2.92. The van der Waals surface area contributed by atoms with Crippen LogP contribution in [0.3, 0.4) is 0 Å². The SMILES string of the molecule is CCC(N)C(=O)Nc1cnc(Oc2cccc3c2C(C)(C)CO3)cn1. The Kier molecular flexibility index (Phi) is 4.59. The number of ether oxygens (including phenoxy) is 2. The van der Waals surface area contributed by atoms with Crippen LogP contribution >= 0.6 is 0 Å². The van der Waals surface area contributed by atoms with Crippen molar-refractivity contribution in [3.8, 4) is 17.4 Å². The van der Waals surface area contributed by atoms with Gasteiger partial charge in [-0.05, 0) is 18.6 Å². The van der Waals surface area contributed by atoms with E-state index in [-0.39, 0.29) is 11.3 Å². The molecule has 0 aliphatic carbocycles. The van der Waals surface area contributed by atoms with E-state index in [9.17, 15) is 4.79 Å². The second kappa shape index (κ2) is 6.68. The van der Waals surface area contributed by atoms with Crippen LogP contribution in [-0.4, -0.2) is 28.5 Å². The third-order valence-electron chi connectivity index (χ3n) is 4.12. The van der Waals surface area contributed by atoms with Crippen LogP contribution in [0, 0.1) is 0 Å². The van der Waals surface area contributed by atoms with Crippen LogP contribution in [0.25, 0.3) is 0 Å². The van der Waals surface area contributed by atoms with E-state index < -0.39 is 6.04 Å². The van der Waals surface area contributed by atoms with E-state index in [1.54, 1.807) is 0 Å². The molecule has 0 spiro atoms. The molecular weight excluding hydrogens is 320 g/mol. The van der Waals surface area contributed by atoms with Crippen molar-refractivity contribution in [1.82, 2.24) is 9.97 Å². The Morgan fingerprint density at radius 2 is 2.20 bits per heavy atom. The number of nitrogens with zero attached hydrogens (tertiary/aromatic N) is 2. The summed E-state index contributed by atoms with van der Waals surface area (Å²) in [7, 11) is 0. The standard InChI is InChI=1S/C18H22N4O3/c1-4-11(19)17(23)22-14-8-21-15(9-20-14)25-13-7-5-6-12-16(13)18(2,3)10-24-12/h5-9,11H,4,10,19H2,1-3H3,(H,20,22,23). The normalized spacial score (nSPS) is 15.8. The zero-order valence-corrected chi connectivity index (χ0v) is 14.6. The van der Waals surface area contributed by atoms with Crippen LogP contribution in [0.2, 0.25) is 0 Å². The van der Waals surface area contributed by atoms with Gasteiger partial charge in [-0.2, -0.15) is 0 Å². The third kappa shape index (κ3) is 3.56. The number of nitrogens with one attached hydrogen (secondary N) is 1. The van der Waals surface area contributed by atoms with Gasteiger partial charge in [-0.25, -0.2) is 9.97 Å². The van der Waals surface area contributed by atoms with Gasteiger partial charge < -0.3 is 20.5 Å². The molecule has 2 aromatic rings. The summed E-state index contributed by atoms with van der Waals surface area (Å²) in [5, 5.41) is 2.63. The highest BCUT2D eigenvalue weighted by Crippen LogP contribution is 2.45. The lowest BCUT2D eigenvalue weighted by molar-refractivity contribution is -0.117. The molecule has 2 heterocycles. The molecule has 1 aliphatic rings. The van der Waals surface area contributed by atoms with Crippen molar-refractivity contribution in [2.24, 2.45) is 5.73 Å². The van der Waals surface area contributed by atoms with Gasteiger partial charge in [0.05, 0.1) is 25.0 Å². The summed E-state index contributed by atoms with van der Waals surface area (Å²) >= 11 is 0. The van der Waals surface area contributed by atoms with Crippen LogP contribution in [0.4, 0.5) is 5.82 Å². The van der Waals surface area contributed by atoms with E-state index in [1.807, 2.05) is 25.1 Å². The number of benzene rings is 1. The second-order valence-electron chi connectivity index (χ2n) is 6.65. The van der Waals surface area contributed by atoms with E-state index >= 15 is 0 Å². The predicted octanol–water partition coefficient (Wildman–Crippen LogP) is 2.61. The fourth-order valence-electron chi connectivity index (χ4n) is 2.66. The molecule has 0 fully saturated rings. The van der Waals surface area contributed by atoms with Gasteiger partial charge in [0, 0.05) is 11.0 Å². The summed E-state index contributed by atoms with van der Waals surface area (Å²) in [4.78, 5) is 20.1. The zero-order valence-electron chi connectivity index (χ0n) is 14.6. The maximum atomic E-state index is 11.8. The van der Waals surface area contributed by atoms with Gasteiger partial charge in [0.15, 0.2) is 5.82 Å². The second-order valence-corrected chi connectivity index (χ2v) is 6.65. The van der Waals surface area contributed by atoms with Crippen molar-refractivity contribution in [2.45, 2.75) is 38.6 Å². The largest absolute Gasteiger partial charge is 0.492 e. The lowest BCUT2D eigenvalue weighted by Gasteiger charge is -2.18. The van der Waals surface area contributed by atoms with Gasteiger partial charge in [0.2, 0.25) is 11.8 Å². The number of nitrogens with two attached hydrogens (primary N) is 1. The highest BCUT2D eigenvalue weighted by molar-refractivity contribution is 5.93. The fraction of sp³-hybridized carbons (Fsp3) is 0.389. The van der Waals surface area contributed by atoms with Crippen molar-refractivity contribution in [3.63, 3.8) is 0 Å². The Hall–Kier alpha value is -2.67. The monoisotopic (exact) mass is 342 g/mol. The number of hydrogen-bond acceptors (Lipinski definition) is 6. The number of hydrogen-bond donors (Lipinski definition) is 2. The maximum absolute atomic E-state index is 11.8. The van der Waals surface area contributed by atoms with E-state index in [0.717, 1.165) is 11.3 Å². The average molecular weight is 342 g/mol. The Balaban J connectivity index is 1.75. The van der Waals surface area contributed by atoms with E-state index in [2.05, 4.69) is 29.1 Å². The molecule has 0 bridgehead atoms. The number of anilines is 1. The minimum Gasteiger partial charge on any atom is -0.492 e. The summed E-state index contributed by atoms with van der Waals surface area (Å²) in [6.45, 7) is 6.66. The lowest BCUT2D eigenvalue weighted by Crippen LogP contribution is -2.35. The van der Waals surface area contributed by atoms with Crippen LogP contribution in [0.5, 0.6) is 17.4 Å². The topological polar surface area (TPSA) is 99.4 Å². The van der Waals surface area contributed by atoms with Gasteiger partial charge in [-0.3, -0.25) is 4.79 Å². The molecular formula is C18H22N4O3. The van der Waals surface area contributed by atoms with Gasteiger partial charge in [-0.1, -0.05) is 26.8 Å². The summed E-state index contributed by atoms with van der Waals surface area (Å²) in [6.07, 6.45) is 3.47. The molecule has 1 aliphatic heterocycles. The lowest BCUT2D eigenvalue weighted by atomic mass is 9.86. The highest BCUT2D eigenvalue weighted by Gasteiger charge is 2.35. The fourth-order valence-corrected chi connectivity index (χ4v) is 2.66. The van der Waals surface area contributed by atoms with Crippen LogP contribution < -0.4 is 20.5 Å². The Bertz CT molecular complexity index is 774. The Labute approximate surface area is 146 Å². The first-order valence-corrected chi connectivity index (χ1v) is 8.23. The first-order chi connectivity index (χ1) is 11.9. The zero-order chi connectivity index (χ0) is 18.0. The molecule has 1 unspecified atom stereocenters. The van der Waals surface area contributed by atoms with Crippen molar-refractivity contribution in [3.05, 3.63) is 36.2 Å². The highest BCUT2D eigenvalue weighted by atomic mass is 16.5. The van der Waals surface area contributed by atoms with E-state index in [4.69, 9.17) is 15.2 Å². The summed E-state index contributed by atoms with van der Waals surface area (Å²) in [6, 6.07) is 5.13. The van der Waals surface area contributed by atoms with Gasteiger partial charge in [0.1, 0.15) is 11.5 Å². The number of carbonyl (C=O) groups excluding carboxylic acids is 1. The van der Waals surface area contributed by atoms with Gasteiger partial charge in [0.25, 0.3) is 0 Å². The first-order valence-electron chi connectivity index (χ1n) is 8.23. The first kappa shape index (κ1) is 17.2. The summed E-state index contributed by atoms with van der Waals surface area (Å²) < 4.78 is 11.6. The summed E-state index contributed by atoms with van der Waals surface area (Å²) in [5.41, 5.74) is 6.56. The molecule has 1 atom stereocenters. The number of amides is 1. The number of aromatic nitrogens is 2. The minimum atomic E-state index is -0.563. The van der Waals surface area contributed by atoms with Crippen LogP contribution in [0.15, 0.2) is 30.6 Å². The maximum Gasteiger partial charge on any atom is 0.242 e. The minimum absolute atomic E-state index is 0.135. The molecule has 0 saturated heterocycles. The van der Waals surface area contributed by atoms with E-state index in [1.165, 1.54) is 12.4 Å². The molecule has 3 rings (SSSR count). The quantitative estimate of drug-likeness (QED) is 0.866. The Morgan fingerprint density at radius 3 is 2.88 bits per heavy atom. The molecule has 1 aromatic heterocycles. The molecule has 25 heavy (non-hydrogen) atoms. The smallest absolute Gasteiger partial charge is 0.242 e. The molecule has 132 valence electrons.